The van der Waals surface area contributed by atoms with Gasteiger partial charge in [0, 0.05) is 24.8 Å². The number of carbonyl (C=O) groups excluding carboxylic acids is 3. The quantitative estimate of drug-likeness (QED) is 0.651. The van der Waals surface area contributed by atoms with Gasteiger partial charge in [0.25, 0.3) is 11.8 Å². The van der Waals surface area contributed by atoms with E-state index in [-0.39, 0.29) is 11.6 Å². The number of anilines is 1. The summed E-state index contributed by atoms with van der Waals surface area (Å²) in [5.74, 6) is -1.12. The zero-order valence-electron chi connectivity index (χ0n) is 15.1. The van der Waals surface area contributed by atoms with Crippen molar-refractivity contribution in [1.29, 1.82) is 0 Å². The maximum Gasteiger partial charge on any atom is 0.331 e. The molecule has 2 heterocycles. The number of morpholine rings is 1. The number of amides is 4. The molecule has 1 aromatic carbocycles. The van der Waals surface area contributed by atoms with Crippen LogP contribution < -0.4 is 10.2 Å². The molecule has 1 N–H and O–H groups in total. The summed E-state index contributed by atoms with van der Waals surface area (Å²) in [6.45, 7) is 3.12. The summed E-state index contributed by atoms with van der Waals surface area (Å²) in [4.78, 5) is 40.6. The van der Waals surface area contributed by atoms with Crippen LogP contribution in [0.2, 0.25) is 0 Å². The van der Waals surface area contributed by atoms with Crippen molar-refractivity contribution in [2.75, 3.05) is 31.2 Å². The van der Waals surface area contributed by atoms with E-state index < -0.39 is 17.8 Å². The first-order valence-corrected chi connectivity index (χ1v) is 9.47. The number of imide groups is 2. The van der Waals surface area contributed by atoms with E-state index >= 15 is 0 Å². The normalized spacial score (nSPS) is 23.3. The van der Waals surface area contributed by atoms with Gasteiger partial charge in [-0.05, 0) is 36.6 Å². The van der Waals surface area contributed by atoms with E-state index in [1.807, 2.05) is 24.3 Å². The number of carbonyl (C=O) groups is 3. The molecule has 7 nitrogen and oxygen atoms in total. The van der Waals surface area contributed by atoms with Crippen molar-refractivity contribution in [2.45, 2.75) is 31.7 Å². The molecule has 27 heavy (non-hydrogen) atoms. The Morgan fingerprint density at radius 2 is 1.67 bits per heavy atom. The second-order valence-corrected chi connectivity index (χ2v) is 7.12. The fourth-order valence-corrected chi connectivity index (χ4v) is 3.93. The fraction of sp³-hybridized carbons (Fsp3) is 0.450. The average Bonchev–Trinajstić information content (AvgIpc) is 3.20. The van der Waals surface area contributed by atoms with Gasteiger partial charge >= 0.3 is 6.03 Å². The van der Waals surface area contributed by atoms with Gasteiger partial charge in [-0.2, -0.15) is 0 Å². The predicted molar refractivity (Wildman–Crippen MR) is 100 cm³/mol. The zero-order valence-corrected chi connectivity index (χ0v) is 15.1. The van der Waals surface area contributed by atoms with Crippen LogP contribution in [0.15, 0.2) is 29.8 Å². The van der Waals surface area contributed by atoms with Gasteiger partial charge in [-0.25, -0.2) is 4.79 Å². The van der Waals surface area contributed by atoms with Crippen molar-refractivity contribution in [2.24, 2.45) is 0 Å². The Balaban J connectivity index is 1.55. The second kappa shape index (κ2) is 7.52. The van der Waals surface area contributed by atoms with Crippen molar-refractivity contribution in [3.8, 4) is 0 Å². The first-order valence-electron chi connectivity index (χ1n) is 9.47. The Kier molecular flexibility index (Phi) is 4.94. The van der Waals surface area contributed by atoms with Gasteiger partial charge in [0.2, 0.25) is 0 Å². The van der Waals surface area contributed by atoms with E-state index in [0.717, 1.165) is 50.0 Å². The van der Waals surface area contributed by atoms with Crippen LogP contribution in [0.1, 0.15) is 31.2 Å². The van der Waals surface area contributed by atoms with E-state index in [4.69, 9.17) is 4.74 Å². The molecule has 3 aliphatic rings. The summed E-state index contributed by atoms with van der Waals surface area (Å²) in [5.41, 5.74) is 1.86. The molecule has 1 aromatic rings. The van der Waals surface area contributed by atoms with Crippen LogP contribution in [0, 0.1) is 0 Å². The van der Waals surface area contributed by atoms with Gasteiger partial charge in [-0.15, -0.1) is 0 Å². The number of hydrogen-bond acceptors (Lipinski definition) is 5. The van der Waals surface area contributed by atoms with Gasteiger partial charge in [-0.3, -0.25) is 19.8 Å². The van der Waals surface area contributed by atoms with Gasteiger partial charge in [0.05, 0.1) is 13.2 Å². The van der Waals surface area contributed by atoms with Crippen molar-refractivity contribution >= 4 is 29.6 Å². The van der Waals surface area contributed by atoms with Crippen LogP contribution in [-0.2, 0) is 14.3 Å². The molecule has 4 rings (SSSR count). The van der Waals surface area contributed by atoms with Crippen LogP contribution >= 0.6 is 0 Å². The monoisotopic (exact) mass is 369 g/mol. The number of rotatable bonds is 3. The molecule has 0 radical (unpaired) electrons. The molecular formula is C20H23N3O4. The average molecular weight is 369 g/mol. The SMILES string of the molecule is O=C1NC(=O)N(C2CCCC2)C(=O)/C1=C/c1ccc(N2CCOCC2)cc1. The highest BCUT2D eigenvalue weighted by atomic mass is 16.5. The molecule has 0 atom stereocenters. The topological polar surface area (TPSA) is 79.0 Å². The first kappa shape index (κ1) is 17.7. The van der Waals surface area contributed by atoms with Crippen molar-refractivity contribution in [1.82, 2.24) is 10.2 Å². The van der Waals surface area contributed by atoms with Crippen LogP contribution in [-0.4, -0.2) is 55.1 Å². The van der Waals surface area contributed by atoms with E-state index in [9.17, 15) is 14.4 Å². The van der Waals surface area contributed by atoms with E-state index in [0.29, 0.717) is 13.2 Å². The number of benzene rings is 1. The minimum absolute atomic E-state index is 0.0145. The summed E-state index contributed by atoms with van der Waals surface area (Å²) in [7, 11) is 0. The molecular weight excluding hydrogens is 346 g/mol. The Morgan fingerprint density at radius 3 is 2.33 bits per heavy atom. The van der Waals surface area contributed by atoms with Crippen LogP contribution in [0.4, 0.5) is 10.5 Å². The van der Waals surface area contributed by atoms with Gasteiger partial charge in [0.1, 0.15) is 5.57 Å². The highest BCUT2D eigenvalue weighted by Gasteiger charge is 2.40. The summed E-state index contributed by atoms with van der Waals surface area (Å²) >= 11 is 0. The Hall–Kier alpha value is -2.67. The number of ether oxygens (including phenoxy) is 1. The lowest BCUT2D eigenvalue weighted by molar-refractivity contribution is -0.131. The Morgan fingerprint density at radius 1 is 1.00 bits per heavy atom. The lowest BCUT2D eigenvalue weighted by Crippen LogP contribution is -2.57. The third kappa shape index (κ3) is 3.60. The molecule has 142 valence electrons. The van der Waals surface area contributed by atoms with E-state index in [2.05, 4.69) is 10.2 Å². The summed E-state index contributed by atoms with van der Waals surface area (Å²) < 4.78 is 5.36. The molecule has 3 fully saturated rings. The Bertz CT molecular complexity index is 775. The summed E-state index contributed by atoms with van der Waals surface area (Å²) in [5, 5.41) is 2.31. The van der Waals surface area contributed by atoms with Gasteiger partial charge in [0.15, 0.2) is 0 Å². The largest absolute Gasteiger partial charge is 0.378 e. The standard InChI is InChI=1S/C20H23N3O4/c24-18-17(19(25)23(20(26)21-18)16-3-1-2-4-16)13-14-5-7-15(8-6-14)22-9-11-27-12-10-22/h5-8,13,16H,1-4,9-12H2,(H,21,24,26)/b17-13+. The summed E-state index contributed by atoms with van der Waals surface area (Å²) in [6.07, 6.45) is 5.16. The highest BCUT2D eigenvalue weighted by Crippen LogP contribution is 2.27. The second-order valence-electron chi connectivity index (χ2n) is 7.12. The lowest BCUT2D eigenvalue weighted by atomic mass is 10.0. The number of hydrogen-bond donors (Lipinski definition) is 1. The lowest BCUT2D eigenvalue weighted by Gasteiger charge is -2.31. The van der Waals surface area contributed by atoms with Crippen LogP contribution in [0.3, 0.4) is 0 Å². The first-order chi connectivity index (χ1) is 13.1. The molecule has 0 unspecified atom stereocenters. The van der Waals surface area contributed by atoms with Gasteiger partial charge in [-0.1, -0.05) is 25.0 Å². The van der Waals surface area contributed by atoms with E-state index in [1.54, 1.807) is 6.08 Å². The summed E-state index contributed by atoms with van der Waals surface area (Å²) in [6, 6.07) is 7.00. The maximum atomic E-state index is 12.8. The van der Waals surface area contributed by atoms with Crippen molar-refractivity contribution < 1.29 is 19.1 Å². The molecule has 0 bridgehead atoms. The molecule has 2 saturated heterocycles. The van der Waals surface area contributed by atoms with Gasteiger partial charge < -0.3 is 9.64 Å². The molecule has 1 saturated carbocycles. The predicted octanol–water partition coefficient (Wildman–Crippen LogP) is 1.93. The molecule has 7 heteroatoms. The minimum atomic E-state index is -0.628. The van der Waals surface area contributed by atoms with Crippen molar-refractivity contribution in [3.63, 3.8) is 0 Å². The molecule has 2 aliphatic heterocycles. The molecule has 0 aromatic heterocycles. The minimum Gasteiger partial charge on any atom is -0.378 e. The van der Waals surface area contributed by atoms with Crippen LogP contribution in [0.5, 0.6) is 0 Å². The molecule has 1 aliphatic carbocycles. The number of nitrogens with zero attached hydrogens (tertiary/aromatic N) is 2. The van der Waals surface area contributed by atoms with E-state index in [1.165, 1.54) is 4.90 Å². The Labute approximate surface area is 158 Å². The molecule has 0 spiro atoms. The number of barbiturate groups is 1. The number of urea groups is 1. The molecule has 4 amide bonds. The highest BCUT2D eigenvalue weighted by molar-refractivity contribution is 6.31. The fourth-order valence-electron chi connectivity index (χ4n) is 3.93. The van der Waals surface area contributed by atoms with Crippen molar-refractivity contribution in [3.05, 3.63) is 35.4 Å². The zero-order chi connectivity index (χ0) is 18.8. The van der Waals surface area contributed by atoms with Crippen LogP contribution in [0.25, 0.3) is 6.08 Å². The number of nitrogens with one attached hydrogen (secondary N) is 1. The third-order valence-corrected chi connectivity index (χ3v) is 5.40. The maximum absolute atomic E-state index is 12.8. The smallest absolute Gasteiger partial charge is 0.331 e. The third-order valence-electron chi connectivity index (χ3n) is 5.40.